The van der Waals surface area contributed by atoms with Crippen molar-refractivity contribution in [3.8, 4) is 0 Å². The Labute approximate surface area is 99.4 Å². The molecule has 1 aromatic heterocycles. The molecule has 0 radical (unpaired) electrons. The monoisotopic (exact) mass is 251 g/mol. The van der Waals surface area contributed by atoms with Gasteiger partial charge >= 0.3 is 0 Å². The quantitative estimate of drug-likeness (QED) is 0.721. The van der Waals surface area contributed by atoms with Crippen LogP contribution in [0.5, 0.6) is 0 Å². The van der Waals surface area contributed by atoms with Crippen molar-refractivity contribution in [1.29, 1.82) is 0 Å². The van der Waals surface area contributed by atoms with Gasteiger partial charge in [-0.3, -0.25) is 4.98 Å². The maximum Gasteiger partial charge on any atom is 0.0639 e. The zero-order valence-electron chi connectivity index (χ0n) is 8.10. The van der Waals surface area contributed by atoms with Gasteiger partial charge < -0.3 is 0 Å². The van der Waals surface area contributed by atoms with E-state index in [1.165, 1.54) is 0 Å². The lowest BCUT2D eigenvalue weighted by atomic mass is 10.0. The van der Waals surface area contributed by atoms with Crippen LogP contribution in [0.15, 0.2) is 12.3 Å². The minimum atomic E-state index is 0.0566. The van der Waals surface area contributed by atoms with Crippen molar-refractivity contribution in [2.75, 3.05) is 0 Å². The van der Waals surface area contributed by atoms with Gasteiger partial charge in [-0.1, -0.05) is 37.0 Å². The van der Waals surface area contributed by atoms with E-state index in [1.807, 2.05) is 13.8 Å². The smallest absolute Gasteiger partial charge is 0.0639 e. The largest absolute Gasteiger partial charge is 0.258 e. The fourth-order valence-electron chi connectivity index (χ4n) is 1.29. The first kappa shape index (κ1) is 12.1. The van der Waals surface area contributed by atoms with Gasteiger partial charge in [-0.05, 0) is 12.5 Å². The van der Waals surface area contributed by atoms with Crippen LogP contribution < -0.4 is 0 Å². The van der Waals surface area contributed by atoms with Gasteiger partial charge in [0.25, 0.3) is 0 Å². The average molecular weight is 253 g/mol. The third-order valence-electron chi connectivity index (χ3n) is 2.20. The zero-order chi connectivity index (χ0) is 10.7. The number of pyridine rings is 1. The Morgan fingerprint density at radius 2 is 2.07 bits per heavy atom. The molecule has 4 heteroatoms. The lowest BCUT2D eigenvalue weighted by Crippen LogP contribution is -2.10. The molecule has 1 nitrogen and oxygen atoms in total. The molecule has 14 heavy (non-hydrogen) atoms. The normalized spacial score (nSPS) is 15.2. The fourth-order valence-corrected chi connectivity index (χ4v) is 1.96. The highest BCUT2D eigenvalue weighted by Gasteiger charge is 2.18. The number of nitrogens with zero attached hydrogens (tertiary/aromatic N) is 1. The molecule has 0 aliphatic rings. The van der Waals surface area contributed by atoms with E-state index in [2.05, 4.69) is 4.98 Å². The fraction of sp³-hybridized carbons (Fsp3) is 0.500. The first-order valence-corrected chi connectivity index (χ1v) is 5.70. The molecule has 1 rings (SSSR count). The van der Waals surface area contributed by atoms with Crippen LogP contribution in [0.2, 0.25) is 10.0 Å². The summed E-state index contributed by atoms with van der Waals surface area (Å²) in [7, 11) is 0. The molecule has 0 saturated heterocycles. The molecule has 2 unspecified atom stereocenters. The van der Waals surface area contributed by atoms with Crippen LogP contribution in [0.25, 0.3) is 0 Å². The number of hydrogen-bond donors (Lipinski definition) is 0. The first-order valence-electron chi connectivity index (χ1n) is 4.51. The molecule has 0 saturated carbocycles. The highest BCUT2D eigenvalue weighted by molar-refractivity contribution is 6.34. The van der Waals surface area contributed by atoms with E-state index in [9.17, 15) is 0 Å². The summed E-state index contributed by atoms with van der Waals surface area (Å²) < 4.78 is 0. The molecule has 0 aliphatic heterocycles. The van der Waals surface area contributed by atoms with Gasteiger partial charge in [-0.25, -0.2) is 0 Å². The highest BCUT2D eigenvalue weighted by Crippen LogP contribution is 2.30. The molecule has 0 fully saturated rings. The Balaban J connectivity index is 2.95. The standard InChI is InChI=1S/C10H12Cl3N/c1-3-8(12)6(2)10-9(13)4-7(11)5-14-10/h4-6,8H,3H2,1-2H3. The molecule has 78 valence electrons. The van der Waals surface area contributed by atoms with Gasteiger partial charge in [-0.2, -0.15) is 0 Å². The van der Waals surface area contributed by atoms with Crippen LogP contribution in [-0.4, -0.2) is 10.4 Å². The predicted molar refractivity (Wildman–Crippen MR) is 62.6 cm³/mol. The average Bonchev–Trinajstić information content (AvgIpc) is 2.15. The number of halogens is 3. The van der Waals surface area contributed by atoms with Crippen molar-refractivity contribution in [3.63, 3.8) is 0 Å². The predicted octanol–water partition coefficient (Wildman–Crippen LogP) is 4.51. The number of alkyl halides is 1. The van der Waals surface area contributed by atoms with Crippen molar-refractivity contribution in [3.05, 3.63) is 28.0 Å². The van der Waals surface area contributed by atoms with E-state index in [-0.39, 0.29) is 11.3 Å². The van der Waals surface area contributed by atoms with Crippen molar-refractivity contribution >= 4 is 34.8 Å². The summed E-state index contributed by atoms with van der Waals surface area (Å²) >= 11 is 17.9. The molecule has 2 atom stereocenters. The first-order chi connectivity index (χ1) is 6.56. The lowest BCUT2D eigenvalue weighted by molar-refractivity contribution is 0.657. The summed E-state index contributed by atoms with van der Waals surface area (Å²) in [5.41, 5.74) is 0.818. The van der Waals surface area contributed by atoms with Gasteiger partial charge in [-0.15, -0.1) is 11.6 Å². The van der Waals surface area contributed by atoms with E-state index < -0.39 is 0 Å². The van der Waals surface area contributed by atoms with Gasteiger partial charge in [0.15, 0.2) is 0 Å². The van der Waals surface area contributed by atoms with Gasteiger partial charge in [0.05, 0.1) is 15.7 Å². The molecule has 0 spiro atoms. The summed E-state index contributed by atoms with van der Waals surface area (Å²) in [4.78, 5) is 4.20. The zero-order valence-corrected chi connectivity index (χ0v) is 10.4. The molecular weight excluding hydrogens is 240 g/mol. The van der Waals surface area contributed by atoms with E-state index in [0.29, 0.717) is 10.0 Å². The third kappa shape index (κ3) is 2.75. The molecule has 0 amide bonds. The maximum atomic E-state index is 6.13. The summed E-state index contributed by atoms with van der Waals surface area (Å²) in [5, 5.41) is 1.19. The second-order valence-corrected chi connectivity index (χ2v) is 4.64. The van der Waals surface area contributed by atoms with Crippen molar-refractivity contribution in [2.45, 2.75) is 31.6 Å². The Kier molecular flexibility index (Phi) is 4.49. The molecule has 0 bridgehead atoms. The van der Waals surface area contributed by atoms with Crippen molar-refractivity contribution in [1.82, 2.24) is 4.98 Å². The van der Waals surface area contributed by atoms with Crippen LogP contribution in [-0.2, 0) is 0 Å². The second-order valence-electron chi connectivity index (χ2n) is 3.23. The van der Waals surface area contributed by atoms with Crippen molar-refractivity contribution in [2.24, 2.45) is 0 Å². The molecule has 0 aliphatic carbocycles. The van der Waals surface area contributed by atoms with Gasteiger partial charge in [0, 0.05) is 17.5 Å². The third-order valence-corrected chi connectivity index (χ3v) is 3.40. The van der Waals surface area contributed by atoms with Crippen LogP contribution in [0.1, 0.15) is 31.9 Å². The molecule has 0 aromatic carbocycles. The van der Waals surface area contributed by atoms with Gasteiger partial charge in [0.1, 0.15) is 0 Å². The Bertz CT molecular complexity index is 314. The van der Waals surface area contributed by atoms with E-state index in [4.69, 9.17) is 34.8 Å². The number of aromatic nitrogens is 1. The number of hydrogen-bond acceptors (Lipinski definition) is 1. The maximum absolute atomic E-state index is 6.13. The summed E-state index contributed by atoms with van der Waals surface area (Å²) in [6, 6.07) is 1.70. The van der Waals surface area contributed by atoms with Crippen LogP contribution in [0.4, 0.5) is 0 Å². The minimum Gasteiger partial charge on any atom is -0.258 e. The van der Waals surface area contributed by atoms with Crippen LogP contribution in [0.3, 0.4) is 0 Å². The second kappa shape index (κ2) is 5.20. The Morgan fingerprint density at radius 3 is 2.57 bits per heavy atom. The minimum absolute atomic E-state index is 0.0566. The van der Waals surface area contributed by atoms with E-state index in [0.717, 1.165) is 12.1 Å². The Hall–Kier alpha value is 0.0200. The molecular formula is C10H12Cl3N. The van der Waals surface area contributed by atoms with Crippen LogP contribution >= 0.6 is 34.8 Å². The lowest BCUT2D eigenvalue weighted by Gasteiger charge is -2.16. The Morgan fingerprint density at radius 1 is 1.43 bits per heavy atom. The number of rotatable bonds is 3. The molecule has 0 N–H and O–H groups in total. The van der Waals surface area contributed by atoms with E-state index in [1.54, 1.807) is 12.3 Å². The van der Waals surface area contributed by atoms with Crippen LogP contribution in [0, 0.1) is 0 Å². The summed E-state index contributed by atoms with van der Waals surface area (Å²) in [5.74, 6) is 0.145. The summed E-state index contributed by atoms with van der Waals surface area (Å²) in [6.45, 7) is 4.06. The molecule has 1 heterocycles. The highest BCUT2D eigenvalue weighted by atomic mass is 35.5. The van der Waals surface area contributed by atoms with Gasteiger partial charge in [0.2, 0.25) is 0 Å². The SMILES string of the molecule is CCC(Cl)C(C)c1ncc(Cl)cc1Cl. The topological polar surface area (TPSA) is 12.9 Å². The molecule has 1 aromatic rings. The van der Waals surface area contributed by atoms with Crippen molar-refractivity contribution < 1.29 is 0 Å². The summed E-state index contributed by atoms with van der Waals surface area (Å²) in [6.07, 6.45) is 2.49. The van der Waals surface area contributed by atoms with E-state index >= 15 is 0 Å².